The Balaban J connectivity index is 1.68. The van der Waals surface area contributed by atoms with E-state index in [0.717, 1.165) is 4.31 Å². The van der Waals surface area contributed by atoms with Gasteiger partial charge in [0.05, 0.1) is 23.5 Å². The van der Waals surface area contributed by atoms with Crippen LogP contribution in [0.25, 0.3) is 0 Å². The third-order valence-corrected chi connectivity index (χ3v) is 7.30. The quantitative estimate of drug-likeness (QED) is 0.768. The van der Waals surface area contributed by atoms with Crippen LogP contribution in [-0.2, 0) is 19.6 Å². The highest BCUT2D eigenvalue weighted by Gasteiger charge is 2.50. The molecule has 2 aliphatic heterocycles. The first-order valence-corrected chi connectivity index (χ1v) is 11.6. The molecule has 0 radical (unpaired) electrons. The molecule has 3 amide bonds. The molecule has 0 spiro atoms. The number of rotatable bonds is 4. The minimum absolute atomic E-state index is 0.108. The normalized spacial score (nSPS) is 20.8. The Bertz CT molecular complexity index is 951. The molecular weight excluding hydrogens is 410 g/mol. The monoisotopic (exact) mass is 437 g/mol. The van der Waals surface area contributed by atoms with Crippen LogP contribution in [0.5, 0.6) is 0 Å². The molecule has 1 aromatic rings. The van der Waals surface area contributed by atoms with Gasteiger partial charge in [0.2, 0.25) is 15.9 Å². The van der Waals surface area contributed by atoms with Gasteiger partial charge in [-0.15, -0.1) is 0 Å². The molecule has 1 N–H and O–H groups in total. The van der Waals surface area contributed by atoms with Gasteiger partial charge in [-0.05, 0) is 51.8 Å². The van der Waals surface area contributed by atoms with Crippen LogP contribution in [0.15, 0.2) is 24.3 Å². The molecule has 0 atom stereocenters. The second-order valence-corrected chi connectivity index (χ2v) is 10.0. The van der Waals surface area contributed by atoms with E-state index < -0.39 is 21.3 Å². The van der Waals surface area contributed by atoms with Crippen molar-refractivity contribution in [2.75, 3.05) is 29.8 Å². The zero-order valence-electron chi connectivity index (χ0n) is 17.4. The van der Waals surface area contributed by atoms with Gasteiger partial charge in [0.15, 0.2) is 0 Å². The Kier molecular flexibility index (Phi) is 6.07. The Hall–Kier alpha value is -2.62. The highest BCUT2D eigenvalue weighted by molar-refractivity contribution is 7.94. The van der Waals surface area contributed by atoms with Crippen LogP contribution in [0.2, 0.25) is 0 Å². The zero-order chi connectivity index (χ0) is 22.1. The largest absolute Gasteiger partial charge is 0.450 e. The Morgan fingerprint density at radius 2 is 1.90 bits per heavy atom. The summed E-state index contributed by atoms with van der Waals surface area (Å²) in [5.41, 5.74) is -0.576. The first-order valence-electron chi connectivity index (χ1n) is 9.95. The van der Waals surface area contributed by atoms with Crippen LogP contribution in [-0.4, -0.2) is 62.7 Å². The molecule has 2 heterocycles. The van der Waals surface area contributed by atoms with Crippen molar-refractivity contribution in [3.63, 3.8) is 0 Å². The fourth-order valence-electron chi connectivity index (χ4n) is 3.72. The summed E-state index contributed by atoms with van der Waals surface area (Å²) in [5.74, 6) is -1.13. The molecule has 9 nitrogen and oxygen atoms in total. The van der Waals surface area contributed by atoms with Gasteiger partial charge >= 0.3 is 6.09 Å². The van der Waals surface area contributed by atoms with Gasteiger partial charge in [-0.1, -0.05) is 6.07 Å². The van der Waals surface area contributed by atoms with Gasteiger partial charge in [0, 0.05) is 24.7 Å². The Morgan fingerprint density at radius 1 is 1.23 bits per heavy atom. The molecule has 0 saturated carbocycles. The lowest BCUT2D eigenvalue weighted by Gasteiger charge is -2.31. The van der Waals surface area contributed by atoms with E-state index in [1.54, 1.807) is 37.8 Å². The van der Waals surface area contributed by atoms with E-state index in [1.165, 1.54) is 12.1 Å². The van der Waals surface area contributed by atoms with E-state index in [9.17, 15) is 22.8 Å². The Morgan fingerprint density at radius 3 is 2.47 bits per heavy atom. The molecule has 10 heteroatoms. The lowest BCUT2D eigenvalue weighted by atomic mass is 9.95. The molecule has 0 bridgehead atoms. The number of hydrogen-bond acceptors (Lipinski definition) is 6. The van der Waals surface area contributed by atoms with Crippen molar-refractivity contribution in [1.29, 1.82) is 0 Å². The second kappa shape index (κ2) is 8.25. The standard InChI is InChI=1S/C20H27N3O6S/c1-4-29-19(26)22-10-8-15(9-11-22)21-17(24)14-6-5-7-16(12-14)23-18(25)20(2,3)13-30(23,27)28/h5-7,12,15H,4,8-11,13H2,1-3H3,(H,21,24). The van der Waals surface area contributed by atoms with E-state index >= 15 is 0 Å². The van der Waals surface area contributed by atoms with Gasteiger partial charge in [-0.25, -0.2) is 17.5 Å². The summed E-state index contributed by atoms with van der Waals surface area (Å²) >= 11 is 0. The van der Waals surface area contributed by atoms with E-state index in [0.29, 0.717) is 32.5 Å². The zero-order valence-corrected chi connectivity index (χ0v) is 18.2. The number of nitrogens with zero attached hydrogens (tertiary/aromatic N) is 2. The number of anilines is 1. The van der Waals surface area contributed by atoms with Gasteiger partial charge in [-0.2, -0.15) is 0 Å². The molecule has 1 aromatic carbocycles. The molecule has 30 heavy (non-hydrogen) atoms. The number of benzene rings is 1. The summed E-state index contributed by atoms with van der Waals surface area (Å²) in [6, 6.07) is 5.95. The van der Waals surface area contributed by atoms with Crippen LogP contribution < -0.4 is 9.62 Å². The molecule has 2 fully saturated rings. The fraction of sp³-hybridized carbons (Fsp3) is 0.550. The van der Waals surface area contributed by atoms with Crippen molar-refractivity contribution in [3.8, 4) is 0 Å². The van der Waals surface area contributed by atoms with E-state index in [2.05, 4.69) is 5.32 Å². The van der Waals surface area contributed by atoms with Crippen LogP contribution in [0.1, 0.15) is 44.0 Å². The lowest BCUT2D eigenvalue weighted by molar-refractivity contribution is -0.123. The third kappa shape index (κ3) is 4.43. The van der Waals surface area contributed by atoms with Crippen LogP contribution in [0.4, 0.5) is 10.5 Å². The van der Waals surface area contributed by atoms with Crippen molar-refractivity contribution in [1.82, 2.24) is 10.2 Å². The number of carbonyl (C=O) groups is 3. The highest BCUT2D eigenvalue weighted by atomic mass is 32.2. The molecule has 164 valence electrons. The first-order chi connectivity index (χ1) is 14.0. The average molecular weight is 438 g/mol. The molecule has 3 rings (SSSR count). The smallest absolute Gasteiger partial charge is 0.409 e. The number of hydrogen-bond donors (Lipinski definition) is 1. The van der Waals surface area contributed by atoms with Gasteiger partial charge in [0.1, 0.15) is 0 Å². The average Bonchev–Trinajstić information content (AvgIpc) is 2.85. The Labute approximate surface area is 176 Å². The number of piperidine rings is 1. The highest BCUT2D eigenvalue weighted by Crippen LogP contribution is 2.35. The van der Waals surface area contributed by atoms with E-state index in [-0.39, 0.29) is 35.0 Å². The number of carbonyl (C=O) groups excluding carboxylic acids is 3. The maximum atomic E-state index is 12.7. The molecule has 0 unspecified atom stereocenters. The van der Waals surface area contributed by atoms with Crippen molar-refractivity contribution >= 4 is 33.6 Å². The number of nitrogens with one attached hydrogen (secondary N) is 1. The molecule has 2 aliphatic rings. The molecule has 2 saturated heterocycles. The predicted octanol–water partition coefficient (Wildman–Crippen LogP) is 1.74. The summed E-state index contributed by atoms with van der Waals surface area (Å²) in [6.07, 6.45) is 0.837. The second-order valence-electron chi connectivity index (χ2n) is 8.19. The summed E-state index contributed by atoms with van der Waals surface area (Å²) in [6.45, 7) is 6.22. The van der Waals surface area contributed by atoms with Crippen LogP contribution >= 0.6 is 0 Å². The van der Waals surface area contributed by atoms with Crippen LogP contribution in [0, 0.1) is 5.41 Å². The van der Waals surface area contributed by atoms with Gasteiger partial charge in [-0.3, -0.25) is 9.59 Å². The molecule has 0 aromatic heterocycles. The van der Waals surface area contributed by atoms with Gasteiger partial charge in [0.25, 0.3) is 5.91 Å². The first kappa shape index (κ1) is 22.1. The number of likely N-dealkylation sites (tertiary alicyclic amines) is 1. The van der Waals surface area contributed by atoms with Crippen molar-refractivity contribution < 1.29 is 27.5 Å². The SMILES string of the molecule is CCOC(=O)N1CCC(NC(=O)c2cccc(N3C(=O)C(C)(C)CS3(=O)=O)c2)CC1. The number of ether oxygens (including phenoxy) is 1. The molecule has 0 aliphatic carbocycles. The topological polar surface area (TPSA) is 113 Å². The summed E-state index contributed by atoms with van der Waals surface area (Å²) in [4.78, 5) is 38.7. The van der Waals surface area contributed by atoms with Crippen molar-refractivity contribution in [2.45, 2.75) is 39.7 Å². The molecular formula is C20H27N3O6S. The van der Waals surface area contributed by atoms with Gasteiger partial charge < -0.3 is 15.0 Å². The van der Waals surface area contributed by atoms with Crippen molar-refractivity contribution in [2.24, 2.45) is 5.41 Å². The minimum Gasteiger partial charge on any atom is -0.450 e. The maximum absolute atomic E-state index is 12.7. The fourth-order valence-corrected chi connectivity index (χ4v) is 5.82. The van der Waals surface area contributed by atoms with E-state index in [1.807, 2.05) is 0 Å². The summed E-state index contributed by atoms with van der Waals surface area (Å²) < 4.78 is 30.7. The predicted molar refractivity (Wildman–Crippen MR) is 111 cm³/mol. The van der Waals surface area contributed by atoms with E-state index in [4.69, 9.17) is 4.74 Å². The van der Waals surface area contributed by atoms with Crippen LogP contribution in [0.3, 0.4) is 0 Å². The summed E-state index contributed by atoms with van der Waals surface area (Å²) in [7, 11) is -3.78. The maximum Gasteiger partial charge on any atom is 0.409 e. The lowest BCUT2D eigenvalue weighted by Crippen LogP contribution is -2.46. The minimum atomic E-state index is -3.78. The summed E-state index contributed by atoms with van der Waals surface area (Å²) in [5, 5.41) is 2.92. The number of sulfonamides is 1. The van der Waals surface area contributed by atoms with Crippen molar-refractivity contribution in [3.05, 3.63) is 29.8 Å². The third-order valence-electron chi connectivity index (χ3n) is 5.28. The number of amides is 3.